The molecule has 0 aromatic heterocycles. The van der Waals surface area contributed by atoms with Crippen molar-refractivity contribution in [2.75, 3.05) is 11.5 Å². The summed E-state index contributed by atoms with van der Waals surface area (Å²) < 4.78 is 5.86. The molecule has 0 saturated carbocycles. The minimum atomic E-state index is -0.466. The van der Waals surface area contributed by atoms with Crippen molar-refractivity contribution < 1.29 is 14.3 Å². The molecule has 25 heavy (non-hydrogen) atoms. The van der Waals surface area contributed by atoms with Crippen LogP contribution in [0.1, 0.15) is 46.8 Å². The molecule has 1 amide bonds. The number of Topliss-reactive ketones (excluding diaryl/α,β-unsaturated/α-hetero) is 1. The number of nitrogens with zero attached hydrogens (tertiary/aromatic N) is 1. The Labute approximate surface area is 148 Å². The van der Waals surface area contributed by atoms with E-state index in [0.29, 0.717) is 18.7 Å². The molecule has 0 unspecified atom stereocenters. The van der Waals surface area contributed by atoms with Crippen molar-refractivity contribution in [2.24, 2.45) is 0 Å². The zero-order chi connectivity index (χ0) is 18.0. The molecule has 3 rings (SSSR count). The van der Waals surface area contributed by atoms with Crippen LogP contribution in [-0.2, 0) is 11.3 Å². The number of hydrogen-bond acceptors (Lipinski definition) is 3. The normalized spacial score (nSPS) is 13.3. The lowest BCUT2D eigenvalue weighted by molar-refractivity contribution is -0.114. The maximum Gasteiger partial charge on any atom is 0.299 e. The van der Waals surface area contributed by atoms with Gasteiger partial charge in [0.15, 0.2) is 0 Å². The topological polar surface area (TPSA) is 46.6 Å². The van der Waals surface area contributed by atoms with Crippen LogP contribution in [0.25, 0.3) is 0 Å². The first-order valence-corrected chi connectivity index (χ1v) is 8.71. The number of aryl methyl sites for hydroxylation is 2. The van der Waals surface area contributed by atoms with Crippen molar-refractivity contribution in [2.45, 2.75) is 40.2 Å². The molecule has 0 radical (unpaired) electrons. The van der Waals surface area contributed by atoms with Gasteiger partial charge in [-0.1, -0.05) is 37.6 Å². The van der Waals surface area contributed by atoms with Crippen LogP contribution in [0, 0.1) is 13.8 Å². The van der Waals surface area contributed by atoms with Crippen LogP contribution in [0.2, 0.25) is 0 Å². The van der Waals surface area contributed by atoms with Crippen LogP contribution in [0.5, 0.6) is 5.75 Å². The molecule has 2 aromatic rings. The fraction of sp³-hybridized carbons (Fsp3) is 0.333. The first kappa shape index (κ1) is 17.2. The van der Waals surface area contributed by atoms with Crippen LogP contribution >= 0.6 is 0 Å². The number of para-hydroxylation sites is 1. The summed E-state index contributed by atoms with van der Waals surface area (Å²) in [6.07, 6.45) is 2.05. The van der Waals surface area contributed by atoms with E-state index in [-0.39, 0.29) is 0 Å². The summed E-state index contributed by atoms with van der Waals surface area (Å²) in [6.45, 7) is 6.98. The van der Waals surface area contributed by atoms with Gasteiger partial charge in [-0.05, 0) is 43.5 Å². The average molecular weight is 337 g/mol. The lowest BCUT2D eigenvalue weighted by Crippen LogP contribution is -2.29. The van der Waals surface area contributed by atoms with Gasteiger partial charge in [0.2, 0.25) is 0 Å². The smallest absolute Gasteiger partial charge is 0.299 e. The largest absolute Gasteiger partial charge is 0.493 e. The molecular formula is C21H23NO3. The Morgan fingerprint density at radius 1 is 1.08 bits per heavy atom. The van der Waals surface area contributed by atoms with E-state index in [1.54, 1.807) is 11.0 Å². The highest BCUT2D eigenvalue weighted by Crippen LogP contribution is 2.35. The molecule has 0 spiro atoms. The number of anilines is 1. The number of ketones is 1. The molecule has 4 nitrogen and oxygen atoms in total. The third-order valence-electron chi connectivity index (χ3n) is 4.46. The van der Waals surface area contributed by atoms with Gasteiger partial charge in [-0.3, -0.25) is 14.5 Å². The molecule has 0 aliphatic carbocycles. The Morgan fingerprint density at radius 2 is 1.84 bits per heavy atom. The van der Waals surface area contributed by atoms with E-state index >= 15 is 0 Å². The van der Waals surface area contributed by atoms with Crippen LogP contribution in [0.15, 0.2) is 36.4 Å². The number of carbonyl (C=O) groups excluding carboxylic acids is 2. The molecule has 4 heteroatoms. The van der Waals surface area contributed by atoms with Gasteiger partial charge in [0.25, 0.3) is 11.7 Å². The van der Waals surface area contributed by atoms with Gasteiger partial charge >= 0.3 is 0 Å². The van der Waals surface area contributed by atoms with E-state index in [0.717, 1.165) is 41.0 Å². The second-order valence-electron chi connectivity index (χ2n) is 6.51. The summed E-state index contributed by atoms with van der Waals surface area (Å²) in [5.41, 5.74) is 4.07. The monoisotopic (exact) mass is 337 g/mol. The molecule has 1 heterocycles. The second-order valence-corrected chi connectivity index (χ2v) is 6.51. The second kappa shape index (κ2) is 7.09. The quantitative estimate of drug-likeness (QED) is 0.586. The number of unbranched alkanes of at least 4 members (excludes halogenated alkanes) is 1. The SMILES string of the molecule is CCCCOc1ccccc1CN1C(=O)C(=O)c2cc(C)cc(C)c21. The average Bonchev–Trinajstić information content (AvgIpc) is 2.82. The maximum atomic E-state index is 12.5. The van der Waals surface area contributed by atoms with Crippen LogP contribution in [0.4, 0.5) is 5.69 Å². The Morgan fingerprint density at radius 3 is 2.60 bits per heavy atom. The predicted molar refractivity (Wildman–Crippen MR) is 98.3 cm³/mol. The van der Waals surface area contributed by atoms with E-state index in [1.807, 2.05) is 44.2 Å². The van der Waals surface area contributed by atoms with E-state index in [1.165, 1.54) is 0 Å². The number of rotatable bonds is 6. The molecule has 1 aliphatic rings. The minimum Gasteiger partial charge on any atom is -0.493 e. The Kier molecular flexibility index (Phi) is 4.88. The molecule has 0 atom stereocenters. The molecule has 2 aromatic carbocycles. The number of hydrogen-bond donors (Lipinski definition) is 0. The van der Waals surface area contributed by atoms with Gasteiger partial charge in [-0.2, -0.15) is 0 Å². The van der Waals surface area contributed by atoms with Crippen LogP contribution < -0.4 is 9.64 Å². The van der Waals surface area contributed by atoms with Gasteiger partial charge in [0.05, 0.1) is 24.4 Å². The number of fused-ring (bicyclic) bond motifs is 1. The number of amides is 1. The summed E-state index contributed by atoms with van der Waals surface area (Å²) >= 11 is 0. The van der Waals surface area contributed by atoms with Crippen molar-refractivity contribution >= 4 is 17.4 Å². The van der Waals surface area contributed by atoms with E-state index in [2.05, 4.69) is 6.92 Å². The molecule has 0 saturated heterocycles. The molecule has 0 N–H and O–H groups in total. The number of carbonyl (C=O) groups is 2. The zero-order valence-electron chi connectivity index (χ0n) is 15.0. The van der Waals surface area contributed by atoms with Crippen molar-refractivity contribution in [3.05, 3.63) is 58.7 Å². The maximum absolute atomic E-state index is 12.5. The standard InChI is InChI=1S/C21H23NO3/c1-4-5-10-25-18-9-7-6-8-16(18)13-22-19-15(3)11-14(2)12-17(19)20(23)21(22)24/h6-9,11-12H,4-5,10,13H2,1-3H3. The fourth-order valence-electron chi connectivity index (χ4n) is 3.25. The third kappa shape index (κ3) is 3.29. The van der Waals surface area contributed by atoms with Gasteiger partial charge in [0, 0.05) is 5.56 Å². The van der Waals surface area contributed by atoms with E-state index in [9.17, 15) is 9.59 Å². The summed E-state index contributed by atoms with van der Waals surface area (Å²) in [5.74, 6) is -0.118. The predicted octanol–water partition coefficient (Wildman–Crippen LogP) is 4.21. The van der Waals surface area contributed by atoms with Crippen molar-refractivity contribution in [3.63, 3.8) is 0 Å². The fourth-order valence-corrected chi connectivity index (χ4v) is 3.25. The Balaban J connectivity index is 1.93. The van der Waals surface area contributed by atoms with Gasteiger partial charge < -0.3 is 4.74 Å². The third-order valence-corrected chi connectivity index (χ3v) is 4.46. The molecule has 130 valence electrons. The first-order valence-electron chi connectivity index (χ1n) is 8.71. The summed E-state index contributed by atoms with van der Waals surface area (Å²) in [7, 11) is 0. The summed E-state index contributed by atoms with van der Waals surface area (Å²) in [4.78, 5) is 26.5. The van der Waals surface area contributed by atoms with Gasteiger partial charge in [-0.15, -0.1) is 0 Å². The zero-order valence-corrected chi connectivity index (χ0v) is 15.0. The van der Waals surface area contributed by atoms with Crippen LogP contribution in [-0.4, -0.2) is 18.3 Å². The molecule has 0 bridgehead atoms. The highest BCUT2D eigenvalue weighted by atomic mass is 16.5. The van der Waals surface area contributed by atoms with E-state index < -0.39 is 11.7 Å². The highest BCUT2D eigenvalue weighted by molar-refractivity contribution is 6.52. The highest BCUT2D eigenvalue weighted by Gasteiger charge is 2.37. The molecule has 0 fully saturated rings. The lowest BCUT2D eigenvalue weighted by Gasteiger charge is -2.20. The Bertz CT molecular complexity index is 826. The summed E-state index contributed by atoms with van der Waals surface area (Å²) in [6, 6.07) is 11.5. The number of ether oxygens (including phenoxy) is 1. The summed E-state index contributed by atoms with van der Waals surface area (Å²) in [5, 5.41) is 0. The molecular weight excluding hydrogens is 314 g/mol. The van der Waals surface area contributed by atoms with Crippen LogP contribution in [0.3, 0.4) is 0 Å². The van der Waals surface area contributed by atoms with Gasteiger partial charge in [-0.25, -0.2) is 0 Å². The van der Waals surface area contributed by atoms with Gasteiger partial charge in [0.1, 0.15) is 5.75 Å². The Hall–Kier alpha value is -2.62. The van der Waals surface area contributed by atoms with E-state index in [4.69, 9.17) is 4.74 Å². The minimum absolute atomic E-state index is 0.337. The van der Waals surface area contributed by atoms with Crippen molar-refractivity contribution in [1.29, 1.82) is 0 Å². The first-order chi connectivity index (χ1) is 12.0. The lowest BCUT2D eigenvalue weighted by atomic mass is 10.0. The van der Waals surface area contributed by atoms with Crippen molar-refractivity contribution in [1.82, 2.24) is 0 Å². The number of benzene rings is 2. The van der Waals surface area contributed by atoms with Crippen molar-refractivity contribution in [3.8, 4) is 5.75 Å². The molecule has 1 aliphatic heterocycles.